The summed E-state index contributed by atoms with van der Waals surface area (Å²) in [4.78, 5) is 11.2. The van der Waals surface area contributed by atoms with Gasteiger partial charge in [0, 0.05) is 24.2 Å². The van der Waals surface area contributed by atoms with E-state index in [0.717, 1.165) is 10.7 Å². The molecule has 3 aromatic heterocycles. The summed E-state index contributed by atoms with van der Waals surface area (Å²) in [5.41, 5.74) is 3.57. The lowest BCUT2D eigenvalue weighted by Gasteiger charge is -2.37. The van der Waals surface area contributed by atoms with Gasteiger partial charge in [-0.25, -0.2) is 9.97 Å². The number of morpholine rings is 1. The van der Waals surface area contributed by atoms with E-state index >= 15 is 0 Å². The van der Waals surface area contributed by atoms with Gasteiger partial charge in [-0.15, -0.1) is 11.3 Å². The Bertz CT molecular complexity index is 947. The molecular formula is C17H19ClN4O3S. The summed E-state index contributed by atoms with van der Waals surface area (Å²) in [5.74, 6) is 0. The largest absolute Gasteiger partial charge is 0.390 e. The van der Waals surface area contributed by atoms with Crippen LogP contribution in [0.4, 0.5) is 5.69 Å². The molecule has 0 radical (unpaired) electrons. The number of aliphatic hydroxyl groups excluding tert-OH is 1. The molecule has 26 heavy (non-hydrogen) atoms. The van der Waals surface area contributed by atoms with Crippen molar-refractivity contribution in [2.24, 2.45) is 0 Å². The smallest absolute Gasteiger partial charge is 0.206 e. The molecule has 0 bridgehead atoms. The van der Waals surface area contributed by atoms with Crippen LogP contribution in [0.2, 0.25) is 5.02 Å². The third-order valence-corrected chi connectivity index (χ3v) is 5.62. The molecule has 1 saturated heterocycles. The van der Waals surface area contributed by atoms with Crippen LogP contribution in [-0.4, -0.2) is 45.5 Å². The number of nitrogens with zero attached hydrogens (tertiary/aromatic N) is 4. The standard InChI is InChI=1S/C17H19ClN4O3S/c1-8-7-26-17(19-8)14-13-16(25-21-14)12(18)15(11(6-23)20-13)22-4-9(2)24-10(3)5-22/h7,9-10,23H,4-6H2,1-3H3/t9-,10+. The van der Waals surface area contributed by atoms with Gasteiger partial charge in [0.15, 0.2) is 5.69 Å². The lowest BCUT2D eigenvalue weighted by atomic mass is 10.1. The molecule has 1 fully saturated rings. The fourth-order valence-corrected chi connectivity index (χ4v) is 4.48. The quantitative estimate of drug-likeness (QED) is 0.728. The van der Waals surface area contributed by atoms with Gasteiger partial charge in [-0.2, -0.15) is 0 Å². The summed E-state index contributed by atoms with van der Waals surface area (Å²) in [7, 11) is 0. The first-order valence-corrected chi connectivity index (χ1v) is 9.65. The predicted molar refractivity (Wildman–Crippen MR) is 101 cm³/mol. The van der Waals surface area contributed by atoms with Crippen molar-refractivity contribution in [2.45, 2.75) is 39.6 Å². The minimum Gasteiger partial charge on any atom is -0.390 e. The third-order valence-electron chi connectivity index (χ3n) is 4.30. The highest BCUT2D eigenvalue weighted by molar-refractivity contribution is 7.13. The molecule has 4 heterocycles. The van der Waals surface area contributed by atoms with Crippen LogP contribution in [0.1, 0.15) is 25.2 Å². The number of hydrogen-bond acceptors (Lipinski definition) is 8. The highest BCUT2D eigenvalue weighted by Gasteiger charge is 2.29. The molecule has 3 aromatic rings. The predicted octanol–water partition coefficient (Wildman–Crippen LogP) is 3.41. The average Bonchev–Trinajstić information content (AvgIpc) is 3.19. The lowest BCUT2D eigenvalue weighted by Crippen LogP contribution is -2.46. The number of aliphatic hydroxyl groups is 1. The Balaban J connectivity index is 1.86. The van der Waals surface area contributed by atoms with E-state index in [9.17, 15) is 5.11 Å². The molecule has 0 spiro atoms. The molecule has 0 aromatic carbocycles. The number of pyridine rings is 1. The van der Waals surface area contributed by atoms with Gasteiger partial charge in [0.2, 0.25) is 5.58 Å². The molecule has 7 nitrogen and oxygen atoms in total. The number of ether oxygens (including phenoxy) is 1. The summed E-state index contributed by atoms with van der Waals surface area (Å²) in [6.07, 6.45) is 0.112. The number of hydrogen-bond donors (Lipinski definition) is 1. The van der Waals surface area contributed by atoms with Crippen molar-refractivity contribution >= 4 is 39.7 Å². The maximum Gasteiger partial charge on any atom is 0.206 e. The van der Waals surface area contributed by atoms with Crippen molar-refractivity contribution in [1.82, 2.24) is 15.1 Å². The van der Waals surface area contributed by atoms with E-state index in [4.69, 9.17) is 20.9 Å². The van der Waals surface area contributed by atoms with Crippen LogP contribution in [0.25, 0.3) is 21.8 Å². The van der Waals surface area contributed by atoms with E-state index in [0.29, 0.717) is 46.3 Å². The van der Waals surface area contributed by atoms with Gasteiger partial charge in [-0.1, -0.05) is 16.8 Å². The highest BCUT2D eigenvalue weighted by Crippen LogP contribution is 2.40. The summed E-state index contributed by atoms with van der Waals surface area (Å²) in [6.45, 7) is 7.04. The maximum absolute atomic E-state index is 9.92. The number of thiazole rings is 1. The SMILES string of the molecule is Cc1csc(-c2noc3c(Cl)c(N4C[C@@H](C)O[C@@H](C)C4)c(CO)nc23)n1. The van der Waals surface area contributed by atoms with E-state index in [1.807, 2.05) is 26.2 Å². The second-order valence-electron chi connectivity index (χ2n) is 6.54. The van der Waals surface area contributed by atoms with Crippen molar-refractivity contribution in [1.29, 1.82) is 0 Å². The van der Waals surface area contributed by atoms with Gasteiger partial charge >= 0.3 is 0 Å². The van der Waals surface area contributed by atoms with Gasteiger partial charge in [-0.05, 0) is 20.8 Å². The Hall–Kier alpha value is -1.74. The molecule has 2 atom stereocenters. The zero-order valence-corrected chi connectivity index (χ0v) is 16.3. The van der Waals surface area contributed by atoms with E-state index in [-0.39, 0.29) is 18.8 Å². The van der Waals surface area contributed by atoms with Crippen molar-refractivity contribution in [3.05, 3.63) is 21.8 Å². The Kier molecular flexibility index (Phi) is 4.60. The summed E-state index contributed by atoms with van der Waals surface area (Å²) >= 11 is 8.14. The number of aromatic nitrogens is 3. The van der Waals surface area contributed by atoms with E-state index < -0.39 is 0 Å². The van der Waals surface area contributed by atoms with Crippen LogP contribution >= 0.6 is 22.9 Å². The molecule has 1 aliphatic heterocycles. The second kappa shape index (κ2) is 6.77. The van der Waals surface area contributed by atoms with Crippen LogP contribution in [0, 0.1) is 6.92 Å². The molecule has 0 unspecified atom stereocenters. The van der Waals surface area contributed by atoms with Gasteiger partial charge in [0.1, 0.15) is 15.5 Å². The summed E-state index contributed by atoms with van der Waals surface area (Å²) in [5, 5.41) is 17.1. The van der Waals surface area contributed by atoms with Crippen molar-refractivity contribution in [3.8, 4) is 10.7 Å². The Morgan fingerprint density at radius 3 is 2.65 bits per heavy atom. The topological polar surface area (TPSA) is 84.5 Å². The van der Waals surface area contributed by atoms with Crippen LogP contribution in [0.3, 0.4) is 0 Å². The summed E-state index contributed by atoms with van der Waals surface area (Å²) in [6, 6.07) is 0. The van der Waals surface area contributed by atoms with Gasteiger partial charge < -0.3 is 19.3 Å². The zero-order chi connectivity index (χ0) is 18.4. The maximum atomic E-state index is 9.92. The Morgan fingerprint density at radius 1 is 1.31 bits per heavy atom. The molecule has 1 N–H and O–H groups in total. The fraction of sp³-hybridized carbons (Fsp3) is 0.471. The Labute approximate surface area is 159 Å². The average molecular weight is 395 g/mol. The first kappa shape index (κ1) is 17.7. The minimum atomic E-state index is -0.230. The molecular weight excluding hydrogens is 376 g/mol. The molecule has 138 valence electrons. The van der Waals surface area contributed by atoms with Gasteiger partial charge in [-0.3, -0.25) is 0 Å². The van der Waals surface area contributed by atoms with Crippen molar-refractivity contribution in [3.63, 3.8) is 0 Å². The second-order valence-corrected chi connectivity index (χ2v) is 7.78. The summed E-state index contributed by atoms with van der Waals surface area (Å²) < 4.78 is 11.3. The Morgan fingerprint density at radius 2 is 2.04 bits per heavy atom. The first-order valence-electron chi connectivity index (χ1n) is 8.39. The first-order chi connectivity index (χ1) is 12.5. The third kappa shape index (κ3) is 2.96. The highest BCUT2D eigenvalue weighted by atomic mass is 35.5. The fourth-order valence-electron chi connectivity index (χ4n) is 3.35. The van der Waals surface area contributed by atoms with Gasteiger partial charge in [0.05, 0.1) is 30.2 Å². The van der Waals surface area contributed by atoms with Crippen LogP contribution < -0.4 is 4.90 Å². The van der Waals surface area contributed by atoms with Crippen LogP contribution in [0.15, 0.2) is 9.90 Å². The number of halogens is 1. The van der Waals surface area contributed by atoms with Crippen molar-refractivity contribution < 1.29 is 14.4 Å². The number of anilines is 1. The van der Waals surface area contributed by atoms with E-state index in [1.165, 1.54) is 11.3 Å². The molecule has 4 rings (SSSR count). The number of fused-ring (bicyclic) bond motifs is 1. The number of aryl methyl sites for hydroxylation is 1. The van der Waals surface area contributed by atoms with Crippen molar-refractivity contribution in [2.75, 3.05) is 18.0 Å². The molecule has 9 heteroatoms. The number of rotatable bonds is 3. The normalized spacial score (nSPS) is 20.9. The zero-order valence-electron chi connectivity index (χ0n) is 14.7. The molecule has 0 saturated carbocycles. The lowest BCUT2D eigenvalue weighted by molar-refractivity contribution is -0.00533. The molecule has 0 aliphatic carbocycles. The van der Waals surface area contributed by atoms with Crippen LogP contribution in [-0.2, 0) is 11.3 Å². The minimum absolute atomic E-state index is 0.0561. The van der Waals surface area contributed by atoms with Crippen LogP contribution in [0.5, 0.6) is 0 Å². The van der Waals surface area contributed by atoms with E-state index in [1.54, 1.807) is 0 Å². The van der Waals surface area contributed by atoms with Gasteiger partial charge in [0.25, 0.3) is 0 Å². The molecule has 1 aliphatic rings. The molecule has 0 amide bonds. The van der Waals surface area contributed by atoms with E-state index in [2.05, 4.69) is 20.0 Å². The monoisotopic (exact) mass is 394 g/mol.